The molecule has 39 heavy (non-hydrogen) atoms. The number of hydrogen-bond acceptors (Lipinski definition) is 5. The van der Waals surface area contributed by atoms with Crippen LogP contribution in [0.2, 0.25) is 0 Å². The van der Waals surface area contributed by atoms with E-state index in [4.69, 9.17) is 9.47 Å². The first-order valence-corrected chi connectivity index (χ1v) is 13.1. The fourth-order valence-corrected chi connectivity index (χ4v) is 4.69. The van der Waals surface area contributed by atoms with Crippen molar-refractivity contribution in [3.63, 3.8) is 0 Å². The van der Waals surface area contributed by atoms with Gasteiger partial charge in [0.25, 0.3) is 0 Å². The molecule has 0 aromatic heterocycles. The van der Waals surface area contributed by atoms with Gasteiger partial charge in [-0.25, -0.2) is 0 Å². The molecule has 0 saturated carbocycles. The molecule has 1 fully saturated rings. The topological polar surface area (TPSA) is 72.9 Å². The monoisotopic (exact) mass is 519 g/mol. The number of carbonyl (C=O) groups is 3. The molecule has 1 aliphatic rings. The van der Waals surface area contributed by atoms with Gasteiger partial charge >= 0.3 is 5.97 Å². The van der Waals surface area contributed by atoms with Crippen LogP contribution in [0.3, 0.4) is 0 Å². The molecule has 4 aromatic carbocycles. The molecule has 0 spiro atoms. The van der Waals surface area contributed by atoms with Gasteiger partial charge in [-0.3, -0.25) is 14.4 Å². The Kier molecular flexibility index (Phi) is 7.83. The van der Waals surface area contributed by atoms with Crippen LogP contribution < -0.4 is 9.64 Å². The van der Waals surface area contributed by atoms with Crippen molar-refractivity contribution in [2.75, 3.05) is 11.4 Å². The molecule has 0 radical (unpaired) electrons. The number of para-hydroxylation sites is 1. The summed E-state index contributed by atoms with van der Waals surface area (Å²) in [6.07, 6.45) is -0.477. The molecule has 1 heterocycles. The summed E-state index contributed by atoms with van der Waals surface area (Å²) in [6.45, 7) is 2.00. The Balaban J connectivity index is 1.23. The summed E-state index contributed by atoms with van der Waals surface area (Å²) in [7, 11) is 0. The second-order valence-electron chi connectivity index (χ2n) is 9.43. The Hall–Kier alpha value is -4.71. The van der Waals surface area contributed by atoms with Gasteiger partial charge in [0.1, 0.15) is 11.5 Å². The van der Waals surface area contributed by atoms with Crippen molar-refractivity contribution >= 4 is 23.3 Å². The van der Waals surface area contributed by atoms with Crippen LogP contribution in [0.1, 0.15) is 30.1 Å². The normalized spacial score (nSPS) is 15.6. The molecule has 6 heteroatoms. The van der Waals surface area contributed by atoms with Crippen LogP contribution in [-0.4, -0.2) is 30.3 Å². The van der Waals surface area contributed by atoms with Gasteiger partial charge < -0.3 is 14.4 Å². The highest BCUT2D eigenvalue weighted by molar-refractivity contribution is 6.02. The van der Waals surface area contributed by atoms with E-state index in [-0.39, 0.29) is 24.7 Å². The molecular formula is C33H29NO5. The van der Waals surface area contributed by atoms with Crippen LogP contribution in [0.4, 0.5) is 5.69 Å². The van der Waals surface area contributed by atoms with Gasteiger partial charge in [0.2, 0.25) is 11.7 Å². The minimum Gasteiger partial charge on any atom is -0.457 e. The molecule has 0 unspecified atom stereocenters. The van der Waals surface area contributed by atoms with E-state index < -0.39 is 18.0 Å². The highest BCUT2D eigenvalue weighted by atomic mass is 16.5. The van der Waals surface area contributed by atoms with Gasteiger partial charge in [0, 0.05) is 29.8 Å². The maximum Gasteiger partial charge on any atom is 0.312 e. The van der Waals surface area contributed by atoms with Crippen molar-refractivity contribution in [1.29, 1.82) is 0 Å². The number of carbonyl (C=O) groups excluding carboxylic acids is 3. The van der Waals surface area contributed by atoms with Crippen molar-refractivity contribution < 1.29 is 23.9 Å². The third kappa shape index (κ3) is 5.91. The first-order valence-electron chi connectivity index (χ1n) is 13.1. The highest BCUT2D eigenvalue weighted by Gasteiger charge is 2.37. The quantitative estimate of drug-likeness (QED) is 0.182. The third-order valence-electron chi connectivity index (χ3n) is 6.79. The number of nitrogens with zero attached hydrogens (tertiary/aromatic N) is 1. The fraction of sp³-hybridized carbons (Fsp3) is 0.182. The van der Waals surface area contributed by atoms with E-state index in [9.17, 15) is 14.4 Å². The van der Waals surface area contributed by atoms with E-state index in [0.717, 1.165) is 16.9 Å². The summed E-state index contributed by atoms with van der Waals surface area (Å²) in [5.41, 5.74) is 3.21. The predicted molar refractivity (Wildman–Crippen MR) is 150 cm³/mol. The number of hydrogen-bond donors (Lipinski definition) is 0. The minimum atomic E-state index is -0.876. The van der Waals surface area contributed by atoms with E-state index in [0.29, 0.717) is 23.4 Å². The van der Waals surface area contributed by atoms with Gasteiger partial charge in [0.15, 0.2) is 6.10 Å². The lowest BCUT2D eigenvalue weighted by Crippen LogP contribution is -2.31. The van der Waals surface area contributed by atoms with Crippen LogP contribution in [0.5, 0.6) is 11.5 Å². The largest absolute Gasteiger partial charge is 0.457 e. The van der Waals surface area contributed by atoms with E-state index in [2.05, 4.69) is 0 Å². The summed E-state index contributed by atoms with van der Waals surface area (Å²) in [5.74, 6) is -0.204. The average molecular weight is 520 g/mol. The molecule has 6 nitrogen and oxygen atoms in total. The molecular weight excluding hydrogens is 490 g/mol. The SMILES string of the molecule is CC[C@H](OC(=O)[C@@H]1CC(=O)N(c2ccc(Oc3ccccc3-c3ccccc3)cc2)C1)C(=O)c1ccccc1. The smallest absolute Gasteiger partial charge is 0.312 e. The van der Waals surface area contributed by atoms with Crippen LogP contribution in [0.25, 0.3) is 11.1 Å². The number of benzene rings is 4. The second kappa shape index (κ2) is 11.8. The number of esters is 1. The molecule has 0 N–H and O–H groups in total. The molecule has 4 aromatic rings. The van der Waals surface area contributed by atoms with Crippen molar-refractivity contribution in [2.45, 2.75) is 25.9 Å². The van der Waals surface area contributed by atoms with Gasteiger partial charge in [-0.2, -0.15) is 0 Å². The van der Waals surface area contributed by atoms with Crippen LogP contribution in [0.15, 0.2) is 109 Å². The zero-order chi connectivity index (χ0) is 27.2. The lowest BCUT2D eigenvalue weighted by molar-refractivity contribution is -0.151. The fourth-order valence-electron chi connectivity index (χ4n) is 4.69. The highest BCUT2D eigenvalue weighted by Crippen LogP contribution is 2.34. The molecule has 196 valence electrons. The van der Waals surface area contributed by atoms with Crippen molar-refractivity contribution in [3.05, 3.63) is 115 Å². The summed E-state index contributed by atoms with van der Waals surface area (Å²) < 4.78 is 11.8. The number of ketones is 1. The number of amides is 1. The van der Waals surface area contributed by atoms with Gasteiger partial charge in [-0.15, -0.1) is 0 Å². The second-order valence-corrected chi connectivity index (χ2v) is 9.43. The molecule has 0 bridgehead atoms. The summed E-state index contributed by atoms with van der Waals surface area (Å²) in [4.78, 5) is 40.1. The van der Waals surface area contributed by atoms with Gasteiger partial charge in [-0.05, 0) is 42.3 Å². The average Bonchev–Trinajstić information content (AvgIpc) is 3.38. The summed E-state index contributed by atoms with van der Waals surface area (Å²) in [6, 6.07) is 33.8. The molecule has 1 amide bonds. The molecule has 1 aliphatic heterocycles. The van der Waals surface area contributed by atoms with Crippen molar-refractivity contribution in [3.8, 4) is 22.6 Å². The Morgan fingerprint density at radius 1 is 0.846 bits per heavy atom. The molecule has 0 aliphatic carbocycles. The number of rotatable bonds is 9. The first-order chi connectivity index (χ1) is 19.0. The molecule has 2 atom stereocenters. The van der Waals surface area contributed by atoms with E-state index in [1.165, 1.54) is 0 Å². The lowest BCUT2D eigenvalue weighted by Gasteiger charge is -2.19. The third-order valence-corrected chi connectivity index (χ3v) is 6.79. The van der Waals surface area contributed by atoms with Gasteiger partial charge in [0.05, 0.1) is 5.92 Å². The summed E-state index contributed by atoms with van der Waals surface area (Å²) >= 11 is 0. The Morgan fingerprint density at radius 3 is 2.18 bits per heavy atom. The van der Waals surface area contributed by atoms with E-state index >= 15 is 0 Å². The number of anilines is 1. The van der Waals surface area contributed by atoms with E-state index in [1.807, 2.05) is 72.8 Å². The van der Waals surface area contributed by atoms with Crippen LogP contribution in [-0.2, 0) is 14.3 Å². The zero-order valence-corrected chi connectivity index (χ0v) is 21.7. The number of ether oxygens (including phenoxy) is 2. The number of Topliss-reactive ketones (excluding diaryl/α,β-unsaturated/α-hetero) is 1. The standard InChI is InChI=1S/C33H29NO5/c1-2-29(32(36)24-13-7-4-8-14-24)39-33(37)25-21-31(35)34(22-25)26-17-19-27(20-18-26)38-30-16-10-9-15-28(30)23-11-5-3-6-12-23/h3-20,25,29H,2,21-22H2,1H3/t25-,29+/m1/s1. The maximum absolute atomic E-state index is 12.9. The maximum atomic E-state index is 12.9. The van der Waals surface area contributed by atoms with Gasteiger partial charge in [-0.1, -0.05) is 85.8 Å². The minimum absolute atomic E-state index is 0.0392. The zero-order valence-electron chi connectivity index (χ0n) is 21.7. The predicted octanol–water partition coefficient (Wildman–Crippen LogP) is 6.70. The first kappa shape index (κ1) is 25.9. The van der Waals surface area contributed by atoms with Crippen LogP contribution in [0, 0.1) is 5.92 Å². The molecule has 5 rings (SSSR count). The van der Waals surface area contributed by atoms with Crippen molar-refractivity contribution in [2.24, 2.45) is 5.92 Å². The van der Waals surface area contributed by atoms with Crippen molar-refractivity contribution in [1.82, 2.24) is 0 Å². The lowest BCUT2D eigenvalue weighted by atomic mass is 10.0. The van der Waals surface area contributed by atoms with Crippen LogP contribution >= 0.6 is 0 Å². The Labute approximate surface area is 227 Å². The van der Waals surface area contributed by atoms with E-state index in [1.54, 1.807) is 48.2 Å². The Morgan fingerprint density at radius 2 is 1.49 bits per heavy atom. The molecule has 1 saturated heterocycles. The Bertz CT molecular complexity index is 1450. The summed E-state index contributed by atoms with van der Waals surface area (Å²) in [5, 5.41) is 0.